The third-order valence-electron chi connectivity index (χ3n) is 3.12. The summed E-state index contributed by atoms with van der Waals surface area (Å²) < 4.78 is 28.4. The number of aromatic nitrogens is 2. The Morgan fingerprint density at radius 2 is 1.90 bits per heavy atom. The molecule has 0 saturated carbocycles. The quantitative estimate of drug-likeness (QED) is 0.740. The molecule has 1 heterocycles. The number of aryl methyl sites for hydroxylation is 1. The van der Waals surface area contributed by atoms with Crippen LogP contribution in [0.2, 0.25) is 5.02 Å². The molecule has 0 bridgehead atoms. The van der Waals surface area contributed by atoms with Gasteiger partial charge in [0.1, 0.15) is 11.6 Å². The molecule has 3 rings (SSSR count). The van der Waals surface area contributed by atoms with Gasteiger partial charge in [0.15, 0.2) is 0 Å². The molecule has 2 N–H and O–H groups in total. The Hall–Kier alpha value is -2.14. The second kappa shape index (κ2) is 4.45. The molecule has 0 unspecified atom stereocenters. The molecule has 2 aromatic carbocycles. The number of anilines is 1. The van der Waals surface area contributed by atoms with Gasteiger partial charge in [-0.05, 0) is 36.8 Å². The zero-order valence-electron chi connectivity index (χ0n) is 10.5. The maximum atomic E-state index is 13.4. The van der Waals surface area contributed by atoms with E-state index in [0.717, 1.165) is 0 Å². The van der Waals surface area contributed by atoms with Crippen molar-refractivity contribution in [3.8, 4) is 5.69 Å². The van der Waals surface area contributed by atoms with Crippen molar-refractivity contribution in [3.05, 3.63) is 52.6 Å². The number of nitrogens with zero attached hydrogens (tertiary/aromatic N) is 2. The minimum absolute atomic E-state index is 0.0162. The van der Waals surface area contributed by atoms with Crippen LogP contribution in [0.3, 0.4) is 0 Å². The number of hydrogen-bond acceptors (Lipinski definition) is 2. The number of benzene rings is 2. The second-order valence-corrected chi connectivity index (χ2v) is 4.90. The third-order valence-corrected chi connectivity index (χ3v) is 3.41. The molecule has 0 aliphatic rings. The van der Waals surface area contributed by atoms with Gasteiger partial charge in [-0.1, -0.05) is 11.6 Å². The average Bonchev–Trinajstić information content (AvgIpc) is 2.69. The van der Waals surface area contributed by atoms with Crippen molar-refractivity contribution < 1.29 is 8.78 Å². The third kappa shape index (κ3) is 1.91. The molecule has 0 aliphatic carbocycles. The summed E-state index contributed by atoms with van der Waals surface area (Å²) in [7, 11) is 0. The topological polar surface area (TPSA) is 43.8 Å². The molecule has 1 aromatic heterocycles. The smallest absolute Gasteiger partial charge is 0.205 e. The van der Waals surface area contributed by atoms with Gasteiger partial charge in [0.05, 0.1) is 16.1 Å². The fourth-order valence-electron chi connectivity index (χ4n) is 2.13. The van der Waals surface area contributed by atoms with E-state index >= 15 is 0 Å². The molecule has 102 valence electrons. The van der Waals surface area contributed by atoms with E-state index < -0.39 is 5.82 Å². The van der Waals surface area contributed by atoms with Crippen LogP contribution in [0, 0.1) is 18.6 Å². The summed E-state index contributed by atoms with van der Waals surface area (Å²) in [6.07, 6.45) is 0. The van der Waals surface area contributed by atoms with Crippen LogP contribution in [0.1, 0.15) is 5.56 Å². The summed E-state index contributed by atoms with van der Waals surface area (Å²) in [6.45, 7) is 1.65. The van der Waals surface area contributed by atoms with E-state index in [1.807, 2.05) is 0 Å². The lowest BCUT2D eigenvalue weighted by Crippen LogP contribution is -2.01. The molecular formula is C14H10ClF2N3. The first kappa shape index (κ1) is 12.9. The Balaban J connectivity index is 2.32. The van der Waals surface area contributed by atoms with Crippen LogP contribution >= 0.6 is 11.6 Å². The Labute approximate surface area is 118 Å². The normalized spacial score (nSPS) is 11.2. The number of imidazole rings is 1. The molecule has 0 spiro atoms. The SMILES string of the molecule is Cc1cc(-n2c(N)nc3cc(F)c(Cl)cc32)ccc1F. The van der Waals surface area contributed by atoms with Crippen molar-refractivity contribution in [2.45, 2.75) is 6.92 Å². The first-order valence-corrected chi connectivity index (χ1v) is 6.24. The minimum atomic E-state index is -0.556. The maximum Gasteiger partial charge on any atom is 0.205 e. The summed E-state index contributed by atoms with van der Waals surface area (Å²) in [5.74, 6) is -0.674. The molecule has 0 aliphatic heterocycles. The fraction of sp³-hybridized carbons (Fsp3) is 0.0714. The number of fused-ring (bicyclic) bond motifs is 1. The Bertz CT molecular complexity index is 827. The van der Waals surface area contributed by atoms with Crippen molar-refractivity contribution in [1.29, 1.82) is 0 Å². The van der Waals surface area contributed by atoms with Crippen LogP contribution < -0.4 is 5.73 Å². The summed E-state index contributed by atoms with van der Waals surface area (Å²) >= 11 is 5.80. The average molecular weight is 294 g/mol. The van der Waals surface area contributed by atoms with Gasteiger partial charge in [-0.2, -0.15) is 0 Å². The monoisotopic (exact) mass is 293 g/mol. The van der Waals surface area contributed by atoms with Crippen molar-refractivity contribution >= 4 is 28.6 Å². The highest BCUT2D eigenvalue weighted by Crippen LogP contribution is 2.28. The van der Waals surface area contributed by atoms with Crippen LogP contribution in [0.25, 0.3) is 16.7 Å². The molecule has 0 radical (unpaired) electrons. The van der Waals surface area contributed by atoms with E-state index in [1.54, 1.807) is 23.6 Å². The van der Waals surface area contributed by atoms with E-state index in [2.05, 4.69) is 4.98 Å². The number of nitrogens with two attached hydrogens (primary N) is 1. The number of halogens is 3. The van der Waals surface area contributed by atoms with Crippen LogP contribution in [-0.2, 0) is 0 Å². The van der Waals surface area contributed by atoms with Gasteiger partial charge in [-0.15, -0.1) is 0 Å². The van der Waals surface area contributed by atoms with Gasteiger partial charge in [-0.25, -0.2) is 13.8 Å². The van der Waals surface area contributed by atoms with E-state index in [4.69, 9.17) is 17.3 Å². The lowest BCUT2D eigenvalue weighted by Gasteiger charge is -2.08. The van der Waals surface area contributed by atoms with E-state index in [9.17, 15) is 8.78 Å². The van der Waals surface area contributed by atoms with E-state index in [1.165, 1.54) is 18.2 Å². The molecule has 0 fully saturated rings. The maximum absolute atomic E-state index is 13.4. The van der Waals surface area contributed by atoms with E-state index in [-0.39, 0.29) is 16.8 Å². The van der Waals surface area contributed by atoms with Crippen LogP contribution in [0.5, 0.6) is 0 Å². The van der Waals surface area contributed by atoms with Crippen molar-refractivity contribution in [1.82, 2.24) is 9.55 Å². The van der Waals surface area contributed by atoms with Crippen molar-refractivity contribution in [2.24, 2.45) is 0 Å². The molecular weight excluding hydrogens is 284 g/mol. The van der Waals surface area contributed by atoms with Crippen LogP contribution in [0.15, 0.2) is 30.3 Å². The van der Waals surface area contributed by atoms with Gasteiger partial charge < -0.3 is 5.73 Å². The number of nitrogen functional groups attached to an aromatic ring is 1. The Kier molecular flexibility index (Phi) is 2.87. The van der Waals surface area contributed by atoms with Gasteiger partial charge in [0.25, 0.3) is 0 Å². The first-order chi connectivity index (χ1) is 9.47. The molecule has 3 nitrogen and oxygen atoms in total. The Morgan fingerprint density at radius 3 is 2.60 bits per heavy atom. The van der Waals surface area contributed by atoms with Gasteiger partial charge in [0, 0.05) is 11.8 Å². The molecule has 20 heavy (non-hydrogen) atoms. The zero-order valence-corrected chi connectivity index (χ0v) is 11.2. The standard InChI is InChI=1S/C14H10ClF2N3/c1-7-4-8(2-3-10(7)16)20-13-5-9(15)11(17)6-12(13)19-14(20)18/h2-6H,1H3,(H2,18,19). The number of hydrogen-bond donors (Lipinski definition) is 1. The molecule has 6 heteroatoms. The molecule has 0 atom stereocenters. The summed E-state index contributed by atoms with van der Waals surface area (Å²) in [4.78, 5) is 4.09. The van der Waals surface area contributed by atoms with Crippen molar-refractivity contribution in [3.63, 3.8) is 0 Å². The predicted octanol–water partition coefficient (Wildman–Crippen LogP) is 3.85. The highest BCUT2D eigenvalue weighted by Gasteiger charge is 2.13. The lowest BCUT2D eigenvalue weighted by atomic mass is 10.2. The van der Waals surface area contributed by atoms with Crippen LogP contribution in [0.4, 0.5) is 14.7 Å². The summed E-state index contributed by atoms with van der Waals surface area (Å²) in [5, 5.41) is -0.0162. The zero-order chi connectivity index (χ0) is 14.4. The van der Waals surface area contributed by atoms with E-state index in [0.29, 0.717) is 22.3 Å². The van der Waals surface area contributed by atoms with Gasteiger partial charge >= 0.3 is 0 Å². The van der Waals surface area contributed by atoms with Crippen molar-refractivity contribution in [2.75, 3.05) is 5.73 Å². The fourth-order valence-corrected chi connectivity index (χ4v) is 2.29. The minimum Gasteiger partial charge on any atom is -0.369 e. The summed E-state index contributed by atoms with van der Waals surface area (Å²) in [5.41, 5.74) is 7.96. The Morgan fingerprint density at radius 1 is 1.15 bits per heavy atom. The van der Waals surface area contributed by atoms with Gasteiger partial charge in [-0.3, -0.25) is 4.57 Å². The molecule has 0 amide bonds. The van der Waals surface area contributed by atoms with Gasteiger partial charge in [0.2, 0.25) is 5.95 Å². The first-order valence-electron chi connectivity index (χ1n) is 5.87. The highest BCUT2D eigenvalue weighted by atomic mass is 35.5. The highest BCUT2D eigenvalue weighted by molar-refractivity contribution is 6.31. The van der Waals surface area contributed by atoms with Crippen LogP contribution in [-0.4, -0.2) is 9.55 Å². The lowest BCUT2D eigenvalue weighted by molar-refractivity contribution is 0.618. The second-order valence-electron chi connectivity index (χ2n) is 4.49. The summed E-state index contributed by atoms with van der Waals surface area (Å²) in [6, 6.07) is 7.25. The molecule has 3 aromatic rings. The molecule has 0 saturated heterocycles. The predicted molar refractivity (Wildman–Crippen MR) is 75.1 cm³/mol. The largest absolute Gasteiger partial charge is 0.369 e. The number of rotatable bonds is 1.